The van der Waals surface area contributed by atoms with Gasteiger partial charge in [-0.05, 0) is 30.0 Å². The van der Waals surface area contributed by atoms with E-state index in [0.717, 1.165) is 12.0 Å². The molecule has 0 amide bonds. The molecule has 0 aromatic heterocycles. The van der Waals surface area contributed by atoms with E-state index in [1.54, 1.807) is 12.1 Å². The van der Waals surface area contributed by atoms with Gasteiger partial charge in [0.1, 0.15) is 0 Å². The third-order valence-electron chi connectivity index (χ3n) is 3.03. The largest absolute Gasteiger partial charge is 0.390 e. The standard InChI is InChI=1S/C13H19NO3S/c1-10(2)7-11-3-5-13(6-4-11)18(16,17)14-8-12(15)9-14/h3-6,10,12,15H,7-9H2,1-2H3. The lowest BCUT2D eigenvalue weighted by Crippen LogP contribution is -2.53. The van der Waals surface area contributed by atoms with Gasteiger partial charge in [0, 0.05) is 13.1 Å². The summed E-state index contributed by atoms with van der Waals surface area (Å²) in [6.45, 7) is 4.67. The zero-order chi connectivity index (χ0) is 13.3. The van der Waals surface area contributed by atoms with E-state index >= 15 is 0 Å². The van der Waals surface area contributed by atoms with Crippen molar-refractivity contribution < 1.29 is 13.5 Å². The lowest BCUT2D eigenvalue weighted by Gasteiger charge is -2.34. The molecule has 0 saturated carbocycles. The Morgan fingerprint density at radius 2 is 1.83 bits per heavy atom. The number of sulfonamides is 1. The SMILES string of the molecule is CC(C)Cc1ccc(S(=O)(=O)N2CC(O)C2)cc1. The Morgan fingerprint density at radius 1 is 1.28 bits per heavy atom. The highest BCUT2D eigenvalue weighted by Crippen LogP contribution is 2.22. The number of aliphatic hydroxyl groups excluding tert-OH is 1. The maximum atomic E-state index is 12.1. The molecule has 1 aliphatic rings. The molecule has 1 saturated heterocycles. The summed E-state index contributed by atoms with van der Waals surface area (Å²) in [4.78, 5) is 0.307. The van der Waals surface area contributed by atoms with Crippen LogP contribution < -0.4 is 0 Å². The fraction of sp³-hybridized carbons (Fsp3) is 0.538. The minimum atomic E-state index is -3.41. The number of hydrogen-bond donors (Lipinski definition) is 1. The lowest BCUT2D eigenvalue weighted by atomic mass is 10.0. The van der Waals surface area contributed by atoms with Crippen LogP contribution in [0.4, 0.5) is 0 Å². The molecule has 1 fully saturated rings. The van der Waals surface area contributed by atoms with Gasteiger partial charge in [0.2, 0.25) is 10.0 Å². The molecule has 0 aliphatic carbocycles. The second kappa shape index (κ2) is 4.99. The van der Waals surface area contributed by atoms with Gasteiger partial charge in [-0.2, -0.15) is 4.31 Å². The molecule has 0 atom stereocenters. The van der Waals surface area contributed by atoms with Crippen LogP contribution in [0, 0.1) is 5.92 Å². The van der Waals surface area contributed by atoms with Gasteiger partial charge in [0.25, 0.3) is 0 Å². The molecule has 0 bridgehead atoms. The zero-order valence-corrected chi connectivity index (χ0v) is 11.5. The first-order chi connectivity index (χ1) is 8.39. The van der Waals surface area contributed by atoms with Gasteiger partial charge in [-0.25, -0.2) is 8.42 Å². The van der Waals surface area contributed by atoms with Gasteiger partial charge < -0.3 is 5.11 Å². The summed E-state index contributed by atoms with van der Waals surface area (Å²) in [5.74, 6) is 0.554. The Labute approximate surface area is 108 Å². The van der Waals surface area contributed by atoms with Crippen molar-refractivity contribution in [3.8, 4) is 0 Å². The monoisotopic (exact) mass is 269 g/mol. The van der Waals surface area contributed by atoms with Crippen molar-refractivity contribution in [1.29, 1.82) is 0 Å². The van der Waals surface area contributed by atoms with Gasteiger partial charge in [-0.3, -0.25) is 0 Å². The lowest BCUT2D eigenvalue weighted by molar-refractivity contribution is 0.0548. The normalized spacial score (nSPS) is 18.0. The average molecular weight is 269 g/mol. The van der Waals surface area contributed by atoms with Crippen molar-refractivity contribution in [2.75, 3.05) is 13.1 Å². The molecule has 0 unspecified atom stereocenters. The Hall–Kier alpha value is -0.910. The van der Waals surface area contributed by atoms with E-state index in [4.69, 9.17) is 5.11 Å². The topological polar surface area (TPSA) is 57.6 Å². The predicted octanol–water partition coefficient (Wildman–Crippen LogP) is 1.25. The molecular weight excluding hydrogens is 250 g/mol. The minimum Gasteiger partial charge on any atom is -0.390 e. The molecule has 0 radical (unpaired) electrons. The fourth-order valence-corrected chi connectivity index (χ4v) is 3.55. The summed E-state index contributed by atoms with van der Waals surface area (Å²) < 4.78 is 25.5. The number of aliphatic hydroxyl groups is 1. The van der Waals surface area contributed by atoms with Crippen LogP contribution in [0.3, 0.4) is 0 Å². The fourth-order valence-electron chi connectivity index (χ4n) is 2.03. The molecule has 1 aromatic carbocycles. The molecule has 1 N–H and O–H groups in total. The van der Waals surface area contributed by atoms with E-state index in [1.165, 1.54) is 4.31 Å². The van der Waals surface area contributed by atoms with E-state index < -0.39 is 16.1 Å². The summed E-state index contributed by atoms with van der Waals surface area (Å²) in [6.07, 6.45) is 0.433. The summed E-state index contributed by atoms with van der Waals surface area (Å²) in [6, 6.07) is 7.03. The molecule has 5 heteroatoms. The Kier molecular flexibility index (Phi) is 3.75. The van der Waals surface area contributed by atoms with Crippen molar-refractivity contribution in [1.82, 2.24) is 4.31 Å². The summed E-state index contributed by atoms with van der Waals surface area (Å²) in [5, 5.41) is 9.17. The van der Waals surface area contributed by atoms with Crippen LogP contribution >= 0.6 is 0 Å². The van der Waals surface area contributed by atoms with Gasteiger partial charge in [-0.15, -0.1) is 0 Å². The average Bonchev–Trinajstić information content (AvgIpc) is 2.24. The first kappa shape index (κ1) is 13.5. The van der Waals surface area contributed by atoms with Crippen LogP contribution in [-0.2, 0) is 16.4 Å². The van der Waals surface area contributed by atoms with E-state index in [2.05, 4.69) is 13.8 Å². The molecule has 1 aromatic rings. The molecule has 100 valence electrons. The number of hydrogen-bond acceptors (Lipinski definition) is 3. The van der Waals surface area contributed by atoms with Crippen LogP contribution in [0.25, 0.3) is 0 Å². The zero-order valence-electron chi connectivity index (χ0n) is 10.7. The van der Waals surface area contributed by atoms with Gasteiger partial charge in [0.05, 0.1) is 11.0 Å². The second-order valence-electron chi connectivity index (χ2n) is 5.22. The molecule has 18 heavy (non-hydrogen) atoms. The van der Waals surface area contributed by atoms with Crippen LogP contribution in [0.15, 0.2) is 29.2 Å². The van der Waals surface area contributed by atoms with E-state index in [9.17, 15) is 8.42 Å². The van der Waals surface area contributed by atoms with Gasteiger partial charge in [0.15, 0.2) is 0 Å². The smallest absolute Gasteiger partial charge is 0.243 e. The first-order valence-electron chi connectivity index (χ1n) is 6.17. The Morgan fingerprint density at radius 3 is 2.28 bits per heavy atom. The Balaban J connectivity index is 2.14. The second-order valence-corrected chi connectivity index (χ2v) is 7.16. The molecule has 1 aliphatic heterocycles. The van der Waals surface area contributed by atoms with Crippen molar-refractivity contribution >= 4 is 10.0 Å². The highest BCUT2D eigenvalue weighted by molar-refractivity contribution is 7.89. The van der Waals surface area contributed by atoms with E-state index in [1.807, 2.05) is 12.1 Å². The summed E-state index contributed by atoms with van der Waals surface area (Å²) >= 11 is 0. The van der Waals surface area contributed by atoms with Crippen LogP contribution in [-0.4, -0.2) is 37.0 Å². The number of benzene rings is 1. The maximum Gasteiger partial charge on any atom is 0.243 e. The van der Waals surface area contributed by atoms with Crippen LogP contribution in [0.5, 0.6) is 0 Å². The molecule has 0 spiro atoms. The van der Waals surface area contributed by atoms with Gasteiger partial charge >= 0.3 is 0 Å². The molecule has 1 heterocycles. The van der Waals surface area contributed by atoms with Gasteiger partial charge in [-0.1, -0.05) is 26.0 Å². The van der Waals surface area contributed by atoms with Crippen molar-refractivity contribution in [2.24, 2.45) is 5.92 Å². The molecule has 2 rings (SSSR count). The summed E-state index contributed by atoms with van der Waals surface area (Å²) in [5.41, 5.74) is 1.15. The van der Waals surface area contributed by atoms with E-state index in [-0.39, 0.29) is 13.1 Å². The van der Waals surface area contributed by atoms with Crippen LogP contribution in [0.1, 0.15) is 19.4 Å². The number of rotatable bonds is 4. The maximum absolute atomic E-state index is 12.1. The predicted molar refractivity (Wildman–Crippen MR) is 69.7 cm³/mol. The molecule has 4 nitrogen and oxygen atoms in total. The van der Waals surface area contributed by atoms with E-state index in [0.29, 0.717) is 10.8 Å². The third-order valence-corrected chi connectivity index (χ3v) is 4.88. The third kappa shape index (κ3) is 2.74. The number of β-amino-alcohol motifs (C(OH)–C–C–N with tert-alkyl or cyclic N) is 1. The highest BCUT2D eigenvalue weighted by atomic mass is 32.2. The quantitative estimate of drug-likeness (QED) is 0.895. The van der Waals surface area contributed by atoms with Crippen molar-refractivity contribution in [2.45, 2.75) is 31.3 Å². The minimum absolute atomic E-state index is 0.204. The Bertz CT molecular complexity index is 502. The highest BCUT2D eigenvalue weighted by Gasteiger charge is 2.35. The van der Waals surface area contributed by atoms with Crippen molar-refractivity contribution in [3.63, 3.8) is 0 Å². The summed E-state index contributed by atoms with van der Waals surface area (Å²) in [7, 11) is -3.41. The molecular formula is C13H19NO3S. The first-order valence-corrected chi connectivity index (χ1v) is 7.61. The number of nitrogens with zero attached hydrogens (tertiary/aromatic N) is 1. The van der Waals surface area contributed by atoms with Crippen molar-refractivity contribution in [3.05, 3.63) is 29.8 Å². The van der Waals surface area contributed by atoms with Crippen LogP contribution in [0.2, 0.25) is 0 Å².